The molecule has 0 unspecified atom stereocenters. The van der Waals surface area contributed by atoms with Gasteiger partial charge in [0.2, 0.25) is 21.8 Å². The lowest BCUT2D eigenvalue weighted by Crippen LogP contribution is -2.50. The Morgan fingerprint density at radius 3 is 2.15 bits per heavy atom. The summed E-state index contributed by atoms with van der Waals surface area (Å²) in [5.74, 6) is -0.400. The van der Waals surface area contributed by atoms with E-state index in [0.29, 0.717) is 25.1 Å². The average molecular weight is 643 g/mol. The molecular formula is C32H40BrN3O4S. The SMILES string of the molecule is CCCNC(=O)[C@@H](Cc1ccccc1)N(Cc1ccc(Br)cc1)C(=O)CCCN(c1cc(C)cc(C)c1)S(C)(=O)=O. The van der Waals surface area contributed by atoms with Crippen LogP contribution in [0.5, 0.6) is 0 Å². The number of carbonyl (C=O) groups is 2. The van der Waals surface area contributed by atoms with E-state index in [1.807, 2.05) is 93.6 Å². The number of amides is 2. The highest BCUT2D eigenvalue weighted by Crippen LogP contribution is 2.23. The molecule has 1 atom stereocenters. The molecule has 0 aliphatic carbocycles. The third-order valence-corrected chi connectivity index (χ3v) is 8.46. The molecule has 0 bridgehead atoms. The summed E-state index contributed by atoms with van der Waals surface area (Å²) in [4.78, 5) is 29.0. The Morgan fingerprint density at radius 1 is 0.927 bits per heavy atom. The molecule has 1 N–H and O–H groups in total. The molecule has 0 spiro atoms. The van der Waals surface area contributed by atoms with Crippen molar-refractivity contribution in [3.8, 4) is 0 Å². The summed E-state index contributed by atoms with van der Waals surface area (Å²) in [6, 6.07) is 22.3. The second kappa shape index (κ2) is 15.2. The summed E-state index contributed by atoms with van der Waals surface area (Å²) in [5.41, 5.74) is 4.37. The maximum absolute atomic E-state index is 13.9. The van der Waals surface area contributed by atoms with Crippen LogP contribution in [0.15, 0.2) is 77.3 Å². The van der Waals surface area contributed by atoms with E-state index >= 15 is 0 Å². The van der Waals surface area contributed by atoms with E-state index in [4.69, 9.17) is 0 Å². The van der Waals surface area contributed by atoms with Crippen molar-refractivity contribution in [1.82, 2.24) is 10.2 Å². The Kier molecular flexibility index (Phi) is 12.0. The zero-order valence-corrected chi connectivity index (χ0v) is 26.7. The third-order valence-electron chi connectivity index (χ3n) is 6.73. The van der Waals surface area contributed by atoms with Crippen molar-refractivity contribution in [3.05, 3.63) is 99.5 Å². The van der Waals surface area contributed by atoms with Gasteiger partial charge in [0.15, 0.2) is 0 Å². The summed E-state index contributed by atoms with van der Waals surface area (Å²) in [6.07, 6.45) is 2.74. The van der Waals surface area contributed by atoms with Crippen molar-refractivity contribution in [1.29, 1.82) is 0 Å². The van der Waals surface area contributed by atoms with Crippen LogP contribution in [0, 0.1) is 13.8 Å². The fourth-order valence-electron chi connectivity index (χ4n) is 4.81. The molecule has 0 aromatic heterocycles. The van der Waals surface area contributed by atoms with Crippen LogP contribution in [0.2, 0.25) is 0 Å². The largest absolute Gasteiger partial charge is 0.354 e. The van der Waals surface area contributed by atoms with E-state index in [-0.39, 0.29) is 31.3 Å². The van der Waals surface area contributed by atoms with Crippen molar-refractivity contribution in [2.75, 3.05) is 23.7 Å². The van der Waals surface area contributed by atoms with Crippen LogP contribution in [0.3, 0.4) is 0 Å². The zero-order chi connectivity index (χ0) is 30.0. The van der Waals surface area contributed by atoms with Gasteiger partial charge in [-0.3, -0.25) is 13.9 Å². The molecule has 0 heterocycles. The lowest BCUT2D eigenvalue weighted by molar-refractivity contribution is -0.141. The molecule has 3 rings (SSSR count). The Labute approximate surface area is 253 Å². The van der Waals surface area contributed by atoms with Gasteiger partial charge in [0, 0.05) is 36.9 Å². The van der Waals surface area contributed by atoms with Gasteiger partial charge in [0.1, 0.15) is 6.04 Å². The van der Waals surface area contributed by atoms with Gasteiger partial charge in [0.25, 0.3) is 0 Å². The second-order valence-electron chi connectivity index (χ2n) is 10.4. The number of hydrogen-bond acceptors (Lipinski definition) is 4. The first-order valence-corrected chi connectivity index (χ1v) is 16.5. The van der Waals surface area contributed by atoms with Crippen LogP contribution < -0.4 is 9.62 Å². The Bertz CT molecular complexity index is 1390. The number of sulfonamides is 1. The van der Waals surface area contributed by atoms with Gasteiger partial charge in [-0.2, -0.15) is 0 Å². The molecule has 9 heteroatoms. The molecule has 0 radical (unpaired) electrons. The second-order valence-corrected chi connectivity index (χ2v) is 13.3. The van der Waals surface area contributed by atoms with Crippen LogP contribution >= 0.6 is 15.9 Å². The summed E-state index contributed by atoms with van der Waals surface area (Å²) in [6.45, 7) is 6.78. The zero-order valence-electron chi connectivity index (χ0n) is 24.3. The first-order chi connectivity index (χ1) is 19.5. The van der Waals surface area contributed by atoms with Crippen LogP contribution in [-0.2, 0) is 32.6 Å². The van der Waals surface area contributed by atoms with Crippen molar-refractivity contribution in [2.24, 2.45) is 0 Å². The predicted molar refractivity (Wildman–Crippen MR) is 169 cm³/mol. The maximum atomic E-state index is 13.9. The van der Waals surface area contributed by atoms with Gasteiger partial charge >= 0.3 is 0 Å². The summed E-state index contributed by atoms with van der Waals surface area (Å²) in [7, 11) is -3.56. The number of rotatable bonds is 14. The molecule has 0 saturated carbocycles. The number of nitrogens with zero attached hydrogens (tertiary/aromatic N) is 2. The molecule has 2 amide bonds. The van der Waals surface area contributed by atoms with Gasteiger partial charge < -0.3 is 10.2 Å². The maximum Gasteiger partial charge on any atom is 0.243 e. The Hall–Kier alpha value is -3.17. The van der Waals surface area contributed by atoms with Crippen molar-refractivity contribution < 1.29 is 18.0 Å². The molecule has 0 saturated heterocycles. The number of aryl methyl sites for hydroxylation is 2. The first kappa shape index (κ1) is 32.3. The highest BCUT2D eigenvalue weighted by Gasteiger charge is 2.30. The van der Waals surface area contributed by atoms with Crippen molar-refractivity contribution >= 4 is 43.5 Å². The van der Waals surface area contributed by atoms with E-state index in [1.54, 1.807) is 4.90 Å². The quantitative estimate of drug-likeness (QED) is 0.242. The summed E-state index contributed by atoms with van der Waals surface area (Å²) >= 11 is 3.46. The van der Waals surface area contributed by atoms with Crippen molar-refractivity contribution in [3.63, 3.8) is 0 Å². The van der Waals surface area contributed by atoms with Crippen LogP contribution in [0.25, 0.3) is 0 Å². The first-order valence-electron chi connectivity index (χ1n) is 13.9. The standard InChI is InChI=1S/C32H40BrN3O4S/c1-5-17-34-32(38)30(22-26-10-7-6-8-11-26)35(23-27-13-15-28(33)16-14-27)31(37)12-9-18-36(41(4,39)40)29-20-24(2)19-25(3)21-29/h6-8,10-11,13-16,19-21,30H,5,9,12,17-18,22-23H2,1-4H3,(H,34,38)/t30-/m1/s1. The summed E-state index contributed by atoms with van der Waals surface area (Å²) < 4.78 is 27.7. The predicted octanol–water partition coefficient (Wildman–Crippen LogP) is 5.78. The molecule has 3 aromatic rings. The number of carbonyl (C=O) groups excluding carboxylic acids is 2. The Balaban J connectivity index is 1.87. The number of benzene rings is 3. The van der Waals surface area contributed by atoms with E-state index < -0.39 is 16.1 Å². The van der Waals surface area contributed by atoms with Gasteiger partial charge in [0.05, 0.1) is 11.9 Å². The minimum atomic E-state index is -3.56. The molecule has 41 heavy (non-hydrogen) atoms. The molecule has 0 aliphatic rings. The van der Waals surface area contributed by atoms with E-state index in [0.717, 1.165) is 33.1 Å². The average Bonchev–Trinajstić information content (AvgIpc) is 2.91. The molecule has 7 nitrogen and oxygen atoms in total. The highest BCUT2D eigenvalue weighted by atomic mass is 79.9. The highest BCUT2D eigenvalue weighted by molar-refractivity contribution is 9.10. The van der Waals surface area contributed by atoms with Gasteiger partial charge in [-0.1, -0.05) is 71.4 Å². The Morgan fingerprint density at radius 2 is 1.56 bits per heavy atom. The normalized spacial score (nSPS) is 12.0. The van der Waals surface area contributed by atoms with Gasteiger partial charge in [-0.15, -0.1) is 0 Å². The van der Waals surface area contributed by atoms with Crippen LogP contribution in [-0.4, -0.2) is 50.5 Å². The van der Waals surface area contributed by atoms with Gasteiger partial charge in [-0.05, 0) is 73.2 Å². The topological polar surface area (TPSA) is 86.8 Å². The molecule has 0 aliphatic heterocycles. The van der Waals surface area contributed by atoms with Crippen molar-refractivity contribution in [2.45, 2.75) is 59.0 Å². The number of anilines is 1. The lowest BCUT2D eigenvalue weighted by atomic mass is 10.0. The molecular weight excluding hydrogens is 602 g/mol. The smallest absolute Gasteiger partial charge is 0.243 e. The number of nitrogens with one attached hydrogen (secondary N) is 1. The minimum Gasteiger partial charge on any atom is -0.354 e. The number of halogens is 1. The molecule has 0 fully saturated rings. The lowest BCUT2D eigenvalue weighted by Gasteiger charge is -2.32. The van der Waals surface area contributed by atoms with E-state index in [2.05, 4.69) is 21.2 Å². The third kappa shape index (κ3) is 10.0. The monoisotopic (exact) mass is 641 g/mol. The van der Waals surface area contributed by atoms with Gasteiger partial charge in [-0.25, -0.2) is 8.42 Å². The molecule has 3 aromatic carbocycles. The van der Waals surface area contributed by atoms with E-state index in [9.17, 15) is 18.0 Å². The summed E-state index contributed by atoms with van der Waals surface area (Å²) in [5, 5.41) is 2.98. The molecule has 220 valence electrons. The van der Waals surface area contributed by atoms with Crippen LogP contribution in [0.4, 0.5) is 5.69 Å². The minimum absolute atomic E-state index is 0.0969. The van der Waals surface area contributed by atoms with Crippen LogP contribution in [0.1, 0.15) is 48.4 Å². The fraction of sp³-hybridized carbons (Fsp3) is 0.375. The van der Waals surface area contributed by atoms with E-state index in [1.165, 1.54) is 10.6 Å². The number of hydrogen-bond donors (Lipinski definition) is 1. The fourth-order valence-corrected chi connectivity index (χ4v) is 6.02.